The summed E-state index contributed by atoms with van der Waals surface area (Å²) in [5.74, 6) is 0.750. The predicted molar refractivity (Wildman–Crippen MR) is 141 cm³/mol. The highest BCUT2D eigenvalue weighted by atomic mass is 19.1. The van der Waals surface area contributed by atoms with Crippen LogP contribution >= 0.6 is 0 Å². The molecular formula is C28H31F2N7. The number of aromatic nitrogens is 5. The van der Waals surface area contributed by atoms with Gasteiger partial charge in [0, 0.05) is 35.1 Å². The Morgan fingerprint density at radius 3 is 2.46 bits per heavy atom. The molecule has 9 heteroatoms. The van der Waals surface area contributed by atoms with Crippen LogP contribution in [0, 0.1) is 24.5 Å². The van der Waals surface area contributed by atoms with E-state index in [1.165, 1.54) is 50.8 Å². The van der Waals surface area contributed by atoms with Gasteiger partial charge in [-0.15, -0.1) is 0 Å². The summed E-state index contributed by atoms with van der Waals surface area (Å²) in [6, 6.07) is 4.25. The van der Waals surface area contributed by atoms with Crippen LogP contribution in [0.3, 0.4) is 0 Å². The van der Waals surface area contributed by atoms with Crippen LogP contribution in [0.15, 0.2) is 43.0 Å². The van der Waals surface area contributed by atoms with E-state index in [1.54, 1.807) is 24.5 Å². The second-order valence-electron chi connectivity index (χ2n) is 9.85. The lowest BCUT2D eigenvalue weighted by atomic mass is 9.79. The number of aryl methyl sites for hydroxylation is 1. The van der Waals surface area contributed by atoms with Crippen molar-refractivity contribution in [2.24, 2.45) is 5.92 Å². The number of nitrogens with one attached hydrogen (secondary N) is 2. The van der Waals surface area contributed by atoms with Gasteiger partial charge >= 0.3 is 0 Å². The van der Waals surface area contributed by atoms with Gasteiger partial charge in [0.2, 0.25) is 0 Å². The van der Waals surface area contributed by atoms with Gasteiger partial charge in [-0.05, 0) is 75.2 Å². The Balaban J connectivity index is 0.000000348. The predicted octanol–water partition coefficient (Wildman–Crippen LogP) is 6.09. The van der Waals surface area contributed by atoms with E-state index in [2.05, 4.69) is 32.5 Å². The van der Waals surface area contributed by atoms with E-state index in [9.17, 15) is 8.78 Å². The Morgan fingerprint density at radius 2 is 1.78 bits per heavy atom. The van der Waals surface area contributed by atoms with Crippen LogP contribution in [-0.4, -0.2) is 38.0 Å². The maximum Gasteiger partial charge on any atom is 0.168 e. The Morgan fingerprint density at radius 1 is 0.973 bits per heavy atom. The van der Waals surface area contributed by atoms with Gasteiger partial charge in [0.25, 0.3) is 0 Å². The number of pyridine rings is 3. The smallest absolute Gasteiger partial charge is 0.168 e. The van der Waals surface area contributed by atoms with Crippen molar-refractivity contribution in [2.75, 3.05) is 18.4 Å². The average molecular weight is 504 g/mol. The molecule has 2 N–H and O–H groups in total. The molecule has 192 valence electrons. The van der Waals surface area contributed by atoms with E-state index in [0.717, 1.165) is 34.8 Å². The lowest BCUT2D eigenvalue weighted by Gasteiger charge is -2.26. The van der Waals surface area contributed by atoms with Gasteiger partial charge in [-0.2, -0.15) is 0 Å². The minimum absolute atomic E-state index is 0.106. The van der Waals surface area contributed by atoms with Crippen LogP contribution in [0.4, 0.5) is 20.4 Å². The summed E-state index contributed by atoms with van der Waals surface area (Å²) in [5, 5.41) is 7.16. The van der Waals surface area contributed by atoms with Crippen molar-refractivity contribution in [3.8, 4) is 11.4 Å². The number of hydrogen-bond acceptors (Lipinski definition) is 7. The molecule has 0 amide bonds. The van der Waals surface area contributed by atoms with Crippen LogP contribution in [0.2, 0.25) is 0 Å². The normalized spacial score (nSPS) is 16.1. The van der Waals surface area contributed by atoms with Crippen molar-refractivity contribution >= 4 is 22.5 Å². The van der Waals surface area contributed by atoms with Crippen LogP contribution in [-0.2, 0) is 0 Å². The second kappa shape index (κ2) is 11.2. The van der Waals surface area contributed by atoms with Crippen molar-refractivity contribution in [1.29, 1.82) is 0 Å². The molecule has 5 heterocycles. The third-order valence-electron chi connectivity index (χ3n) is 7.06. The Labute approximate surface area is 215 Å². The molecule has 6 rings (SSSR count). The Bertz CT molecular complexity index is 1380. The van der Waals surface area contributed by atoms with Gasteiger partial charge < -0.3 is 10.6 Å². The van der Waals surface area contributed by atoms with Gasteiger partial charge in [0.15, 0.2) is 17.5 Å². The number of rotatable bonds is 4. The maximum absolute atomic E-state index is 13.9. The third-order valence-corrected chi connectivity index (χ3v) is 7.06. The molecule has 4 aromatic heterocycles. The number of hydrogen-bond donors (Lipinski definition) is 2. The lowest BCUT2D eigenvalue weighted by Crippen LogP contribution is -2.26. The summed E-state index contributed by atoms with van der Waals surface area (Å²) in [6.45, 7) is 6.77. The highest BCUT2D eigenvalue weighted by Gasteiger charge is 2.23. The molecule has 2 aliphatic rings. The van der Waals surface area contributed by atoms with Crippen molar-refractivity contribution in [3.63, 3.8) is 0 Å². The molecule has 0 bridgehead atoms. The van der Waals surface area contributed by atoms with E-state index in [-0.39, 0.29) is 5.82 Å². The number of nitrogens with zero attached hydrogens (tertiary/aromatic N) is 5. The molecular weight excluding hydrogens is 472 g/mol. The minimum atomic E-state index is -0.797. The second-order valence-corrected chi connectivity index (χ2v) is 9.85. The standard InChI is InChI=1S/C22H18F2N6.C6H13N/c1-12-20-16(13-3-2-4-13)10-25-11-18(20)29-21(28-12)14-5-6-26-19(7-14)30-22-17(24)8-15(23)9-27-22;1-6-2-4-7-5-3-6/h5-11,13H,2-4H2,1H3,(H,26,27,30);6-7H,2-5H2,1H3. The van der Waals surface area contributed by atoms with E-state index in [1.807, 2.05) is 13.1 Å². The molecule has 1 saturated heterocycles. The fourth-order valence-corrected chi connectivity index (χ4v) is 4.69. The maximum atomic E-state index is 13.9. The summed E-state index contributed by atoms with van der Waals surface area (Å²) in [7, 11) is 0. The SMILES string of the molecule is CC1CCNCC1.Cc1nc(-c2ccnc(Nc3ncc(F)cc3F)c2)nc2cncc(C3CCC3)c12. The highest BCUT2D eigenvalue weighted by molar-refractivity contribution is 5.85. The first-order valence-electron chi connectivity index (χ1n) is 12.9. The molecule has 0 unspecified atom stereocenters. The van der Waals surface area contributed by atoms with E-state index in [4.69, 9.17) is 9.97 Å². The van der Waals surface area contributed by atoms with Gasteiger partial charge in [-0.25, -0.2) is 28.7 Å². The van der Waals surface area contributed by atoms with Crippen LogP contribution in [0.5, 0.6) is 0 Å². The third kappa shape index (κ3) is 5.88. The van der Waals surface area contributed by atoms with Crippen molar-refractivity contribution in [3.05, 3.63) is 65.9 Å². The molecule has 7 nitrogen and oxygen atoms in total. The number of anilines is 2. The molecule has 2 fully saturated rings. The van der Waals surface area contributed by atoms with Gasteiger partial charge in [-0.3, -0.25) is 4.98 Å². The van der Waals surface area contributed by atoms with Gasteiger partial charge in [-0.1, -0.05) is 13.3 Å². The number of fused-ring (bicyclic) bond motifs is 1. The summed E-state index contributed by atoms with van der Waals surface area (Å²) >= 11 is 0. The quantitative estimate of drug-likeness (QED) is 0.349. The first kappa shape index (κ1) is 25.1. The van der Waals surface area contributed by atoms with Crippen molar-refractivity contribution < 1.29 is 8.78 Å². The van der Waals surface area contributed by atoms with Crippen LogP contribution < -0.4 is 10.6 Å². The lowest BCUT2D eigenvalue weighted by molar-refractivity contribution is 0.402. The van der Waals surface area contributed by atoms with E-state index < -0.39 is 11.6 Å². The van der Waals surface area contributed by atoms with E-state index >= 15 is 0 Å². The molecule has 1 aliphatic carbocycles. The fourth-order valence-electron chi connectivity index (χ4n) is 4.69. The van der Waals surface area contributed by atoms with Crippen LogP contribution in [0.25, 0.3) is 22.3 Å². The monoisotopic (exact) mass is 503 g/mol. The molecule has 1 aliphatic heterocycles. The molecule has 0 spiro atoms. The molecule has 37 heavy (non-hydrogen) atoms. The minimum Gasteiger partial charge on any atom is -0.322 e. The Hall–Kier alpha value is -3.59. The summed E-state index contributed by atoms with van der Waals surface area (Å²) < 4.78 is 27.0. The molecule has 0 atom stereocenters. The van der Waals surface area contributed by atoms with Crippen molar-refractivity contribution in [2.45, 2.75) is 51.9 Å². The average Bonchev–Trinajstić information content (AvgIpc) is 2.86. The highest BCUT2D eigenvalue weighted by Crippen LogP contribution is 2.39. The van der Waals surface area contributed by atoms with Crippen molar-refractivity contribution in [1.82, 2.24) is 30.2 Å². The zero-order valence-electron chi connectivity index (χ0n) is 21.1. The largest absolute Gasteiger partial charge is 0.322 e. The molecule has 4 aromatic rings. The first-order valence-corrected chi connectivity index (χ1v) is 12.9. The van der Waals surface area contributed by atoms with Gasteiger partial charge in [0.1, 0.15) is 11.6 Å². The topological polar surface area (TPSA) is 88.5 Å². The Kier molecular flexibility index (Phi) is 7.60. The zero-order chi connectivity index (χ0) is 25.8. The van der Waals surface area contributed by atoms with Crippen LogP contribution in [0.1, 0.15) is 56.2 Å². The molecule has 0 radical (unpaired) electrons. The molecule has 1 saturated carbocycles. The zero-order valence-corrected chi connectivity index (χ0v) is 21.1. The summed E-state index contributed by atoms with van der Waals surface area (Å²) in [4.78, 5) is 21.7. The van der Waals surface area contributed by atoms with Gasteiger partial charge in [0.05, 0.1) is 17.9 Å². The number of piperidine rings is 1. The summed E-state index contributed by atoms with van der Waals surface area (Å²) in [5.41, 5.74) is 3.64. The first-order chi connectivity index (χ1) is 18.0. The summed E-state index contributed by atoms with van der Waals surface area (Å²) in [6.07, 6.45) is 12.6. The van der Waals surface area contributed by atoms with E-state index in [0.29, 0.717) is 23.1 Å². The molecule has 0 aromatic carbocycles. The number of halogens is 2. The fraction of sp³-hybridized carbons (Fsp3) is 0.393.